The van der Waals surface area contributed by atoms with E-state index in [1.54, 1.807) is 20.8 Å². The number of alkyl carbamates (subject to hydrolysis) is 1. The third kappa shape index (κ3) is 7.26. The molecule has 8 nitrogen and oxygen atoms in total. The Kier molecular flexibility index (Phi) is 7.18. The van der Waals surface area contributed by atoms with Gasteiger partial charge in [-0.1, -0.05) is 30.3 Å². The second kappa shape index (κ2) is 9.36. The van der Waals surface area contributed by atoms with Crippen molar-refractivity contribution >= 4 is 17.9 Å². The van der Waals surface area contributed by atoms with Crippen LogP contribution in [-0.2, 0) is 25.8 Å². The summed E-state index contributed by atoms with van der Waals surface area (Å²) in [5, 5.41) is 6.30. The fraction of sp³-hybridized carbons (Fsp3) is 0.526. The Bertz CT molecular complexity index is 657. The van der Waals surface area contributed by atoms with Crippen LogP contribution in [0.25, 0.3) is 0 Å². The van der Waals surface area contributed by atoms with E-state index in [0.717, 1.165) is 5.56 Å². The number of hydrogen-bond acceptors (Lipinski definition) is 5. The molecule has 8 heteroatoms. The number of ether oxygens (including phenoxy) is 1. The fourth-order valence-electron chi connectivity index (χ4n) is 2.55. The highest BCUT2D eigenvalue weighted by Gasteiger charge is 2.31. The second-order valence-corrected chi connectivity index (χ2v) is 7.32. The van der Waals surface area contributed by atoms with Crippen LogP contribution in [-0.4, -0.2) is 47.7 Å². The molecule has 3 amide bonds. The van der Waals surface area contributed by atoms with Gasteiger partial charge in [-0.05, 0) is 39.2 Å². The third-order valence-electron chi connectivity index (χ3n) is 3.76. The largest absolute Gasteiger partial charge is 0.444 e. The summed E-state index contributed by atoms with van der Waals surface area (Å²) in [7, 11) is 0. The van der Waals surface area contributed by atoms with Crippen molar-refractivity contribution in [3.05, 3.63) is 35.9 Å². The molecule has 0 unspecified atom stereocenters. The van der Waals surface area contributed by atoms with Crippen molar-refractivity contribution in [1.82, 2.24) is 15.7 Å². The van der Waals surface area contributed by atoms with Gasteiger partial charge in [-0.2, -0.15) is 0 Å². The molecule has 1 atom stereocenters. The predicted molar refractivity (Wildman–Crippen MR) is 98.3 cm³/mol. The third-order valence-corrected chi connectivity index (χ3v) is 3.76. The van der Waals surface area contributed by atoms with E-state index >= 15 is 0 Å². The highest BCUT2D eigenvalue weighted by molar-refractivity contribution is 5.89. The summed E-state index contributed by atoms with van der Waals surface area (Å²) in [4.78, 5) is 41.7. The van der Waals surface area contributed by atoms with Gasteiger partial charge in [0.05, 0.1) is 0 Å². The van der Waals surface area contributed by atoms with Crippen molar-refractivity contribution in [2.45, 2.75) is 51.9 Å². The summed E-state index contributed by atoms with van der Waals surface area (Å²) in [5.74, 6) is -0.744. The first-order valence-corrected chi connectivity index (χ1v) is 8.99. The highest BCUT2D eigenvalue weighted by atomic mass is 16.7. The van der Waals surface area contributed by atoms with Crippen LogP contribution in [0.4, 0.5) is 4.79 Å². The molecule has 2 N–H and O–H groups in total. The van der Waals surface area contributed by atoms with Gasteiger partial charge in [0, 0.05) is 6.54 Å². The summed E-state index contributed by atoms with van der Waals surface area (Å²) in [6.07, 6.45) is 0.563. The lowest BCUT2D eigenvalue weighted by molar-refractivity contribution is -0.199. The van der Waals surface area contributed by atoms with E-state index in [1.807, 2.05) is 30.3 Å². The maximum Gasteiger partial charge on any atom is 0.408 e. The molecule has 1 aliphatic heterocycles. The van der Waals surface area contributed by atoms with Crippen LogP contribution in [0.1, 0.15) is 39.2 Å². The number of benzene rings is 1. The molecule has 0 bridgehead atoms. The summed E-state index contributed by atoms with van der Waals surface area (Å²) >= 11 is 0. The standard InChI is InChI=1S/C19H27N3O5/c1-19(2,3)27-18(25)20-12-16(23)21-15-10-7-11-22(17(15)24)26-13-14-8-5-4-6-9-14/h4-6,8-9,15H,7,10-13H2,1-3H3,(H,20,25)(H,21,23)/t15-/m0/s1. The molecule has 0 saturated carbocycles. The normalized spacial score (nSPS) is 17.4. The van der Waals surface area contributed by atoms with Gasteiger partial charge >= 0.3 is 6.09 Å². The molecule has 1 saturated heterocycles. The lowest BCUT2D eigenvalue weighted by Gasteiger charge is -2.31. The van der Waals surface area contributed by atoms with E-state index in [2.05, 4.69) is 10.6 Å². The molecule has 1 aliphatic rings. The summed E-state index contributed by atoms with van der Waals surface area (Å²) in [6, 6.07) is 8.87. The van der Waals surface area contributed by atoms with E-state index in [1.165, 1.54) is 5.06 Å². The van der Waals surface area contributed by atoms with Gasteiger partial charge in [-0.25, -0.2) is 9.86 Å². The second-order valence-electron chi connectivity index (χ2n) is 7.32. The van der Waals surface area contributed by atoms with Crippen LogP contribution in [0.3, 0.4) is 0 Å². The van der Waals surface area contributed by atoms with Crippen LogP contribution in [0.2, 0.25) is 0 Å². The number of carbonyl (C=O) groups is 3. The van der Waals surface area contributed by atoms with E-state index in [9.17, 15) is 14.4 Å². The van der Waals surface area contributed by atoms with E-state index in [0.29, 0.717) is 19.4 Å². The van der Waals surface area contributed by atoms with Crippen molar-refractivity contribution in [2.75, 3.05) is 13.1 Å². The zero-order chi connectivity index (χ0) is 19.9. The number of hydroxylamine groups is 2. The number of nitrogens with zero attached hydrogens (tertiary/aromatic N) is 1. The monoisotopic (exact) mass is 377 g/mol. The van der Waals surface area contributed by atoms with Gasteiger partial charge in [0.1, 0.15) is 24.8 Å². The van der Waals surface area contributed by atoms with E-state index < -0.39 is 23.6 Å². The number of piperidine rings is 1. The fourth-order valence-corrected chi connectivity index (χ4v) is 2.55. The lowest BCUT2D eigenvalue weighted by Crippen LogP contribution is -2.53. The molecule has 1 fully saturated rings. The molecule has 1 aromatic carbocycles. The first-order chi connectivity index (χ1) is 12.7. The predicted octanol–water partition coefficient (Wildman–Crippen LogP) is 1.75. The first kappa shape index (κ1) is 20.7. The quantitative estimate of drug-likeness (QED) is 0.787. The minimum Gasteiger partial charge on any atom is -0.444 e. The van der Waals surface area contributed by atoms with Crippen LogP contribution in [0.5, 0.6) is 0 Å². The number of rotatable bonds is 6. The molecule has 0 radical (unpaired) electrons. The van der Waals surface area contributed by atoms with Crippen LogP contribution < -0.4 is 10.6 Å². The van der Waals surface area contributed by atoms with Crippen molar-refractivity contribution in [1.29, 1.82) is 0 Å². The van der Waals surface area contributed by atoms with E-state index in [4.69, 9.17) is 9.57 Å². The molecular formula is C19H27N3O5. The Morgan fingerprint density at radius 1 is 1.22 bits per heavy atom. The Hall–Kier alpha value is -2.61. The Morgan fingerprint density at radius 3 is 2.59 bits per heavy atom. The molecule has 0 spiro atoms. The maximum absolute atomic E-state index is 12.5. The van der Waals surface area contributed by atoms with Gasteiger partial charge in [0.25, 0.3) is 5.91 Å². The molecule has 27 heavy (non-hydrogen) atoms. The minimum atomic E-state index is -0.680. The smallest absolute Gasteiger partial charge is 0.408 e. The van der Waals surface area contributed by atoms with Crippen molar-refractivity contribution < 1.29 is 24.0 Å². The molecule has 1 aromatic rings. The summed E-state index contributed by atoms with van der Waals surface area (Å²) in [5.41, 5.74) is 0.314. The summed E-state index contributed by atoms with van der Waals surface area (Å²) < 4.78 is 5.07. The highest BCUT2D eigenvalue weighted by Crippen LogP contribution is 2.14. The number of amides is 3. The minimum absolute atomic E-state index is 0.260. The zero-order valence-corrected chi connectivity index (χ0v) is 16.0. The van der Waals surface area contributed by atoms with Crippen molar-refractivity contribution in [3.8, 4) is 0 Å². The van der Waals surface area contributed by atoms with Gasteiger partial charge in [0.2, 0.25) is 5.91 Å². The van der Waals surface area contributed by atoms with Crippen molar-refractivity contribution in [3.63, 3.8) is 0 Å². The van der Waals surface area contributed by atoms with E-state index in [-0.39, 0.29) is 19.1 Å². The number of carbonyl (C=O) groups excluding carboxylic acids is 3. The molecule has 0 aromatic heterocycles. The van der Waals surface area contributed by atoms with Gasteiger partial charge < -0.3 is 15.4 Å². The molecule has 148 valence electrons. The number of nitrogens with one attached hydrogen (secondary N) is 2. The Morgan fingerprint density at radius 2 is 1.93 bits per heavy atom. The maximum atomic E-state index is 12.5. The van der Waals surface area contributed by atoms with Gasteiger partial charge in [0.15, 0.2) is 0 Å². The van der Waals surface area contributed by atoms with Gasteiger partial charge in [-0.15, -0.1) is 0 Å². The average molecular weight is 377 g/mol. The van der Waals surface area contributed by atoms with Crippen LogP contribution in [0.15, 0.2) is 30.3 Å². The Labute approximate surface area is 159 Å². The molecule has 0 aliphatic carbocycles. The van der Waals surface area contributed by atoms with Crippen molar-refractivity contribution in [2.24, 2.45) is 0 Å². The number of hydrogen-bond donors (Lipinski definition) is 2. The van der Waals surface area contributed by atoms with Crippen LogP contribution >= 0.6 is 0 Å². The topological polar surface area (TPSA) is 97.0 Å². The van der Waals surface area contributed by atoms with Crippen LogP contribution in [0, 0.1) is 0 Å². The molecule has 2 rings (SSSR count). The molecule has 1 heterocycles. The first-order valence-electron chi connectivity index (χ1n) is 8.99. The zero-order valence-electron chi connectivity index (χ0n) is 16.0. The summed E-state index contributed by atoms with van der Waals surface area (Å²) in [6.45, 7) is 5.71. The van der Waals surface area contributed by atoms with Gasteiger partial charge in [-0.3, -0.25) is 14.4 Å². The molecular weight excluding hydrogens is 350 g/mol. The lowest BCUT2D eigenvalue weighted by atomic mass is 10.1. The SMILES string of the molecule is CC(C)(C)OC(=O)NCC(=O)N[C@H]1CCCN(OCc2ccccc2)C1=O. The Balaban J connectivity index is 1.77. The average Bonchev–Trinajstić information content (AvgIpc) is 2.60.